The lowest BCUT2D eigenvalue weighted by Gasteiger charge is -2.09. The molecule has 0 saturated heterocycles. The van der Waals surface area contributed by atoms with Crippen molar-refractivity contribution >= 4 is 11.6 Å². The molecule has 2 rings (SSSR count). The Hall–Kier alpha value is -1.77. The number of hydrogen-bond acceptors (Lipinski definition) is 2. The molecule has 0 aromatic heterocycles. The van der Waals surface area contributed by atoms with Gasteiger partial charge in [0.15, 0.2) is 0 Å². The highest BCUT2D eigenvalue weighted by atomic mass is 16.1. The molecule has 0 unspecified atom stereocenters. The van der Waals surface area contributed by atoms with Crippen LogP contribution < -0.4 is 10.6 Å². The molecule has 0 atom stereocenters. The van der Waals surface area contributed by atoms with Gasteiger partial charge in [0, 0.05) is 19.3 Å². The number of para-hydroxylation sites is 1. The number of rotatable bonds is 5. The van der Waals surface area contributed by atoms with Crippen LogP contribution in [0.2, 0.25) is 0 Å². The maximum Gasteiger partial charge on any atom is 0.253 e. The monoisotopic (exact) mass is 244 g/mol. The van der Waals surface area contributed by atoms with Crippen LogP contribution in [0.15, 0.2) is 35.9 Å². The molecule has 2 N–H and O–H groups in total. The first kappa shape index (κ1) is 12.7. The van der Waals surface area contributed by atoms with Gasteiger partial charge in [0.1, 0.15) is 0 Å². The van der Waals surface area contributed by atoms with E-state index in [2.05, 4.69) is 16.7 Å². The molecule has 1 aromatic carbocycles. The van der Waals surface area contributed by atoms with Gasteiger partial charge in [-0.2, -0.15) is 0 Å². The highest BCUT2D eigenvalue weighted by Crippen LogP contribution is 2.20. The SMILES string of the molecule is CNc1ccccc1C(=O)NCCC1=CCCC1. The Morgan fingerprint density at radius 1 is 1.33 bits per heavy atom. The Labute approximate surface area is 108 Å². The van der Waals surface area contributed by atoms with Crippen molar-refractivity contribution in [2.24, 2.45) is 0 Å². The van der Waals surface area contributed by atoms with Gasteiger partial charge in [-0.3, -0.25) is 4.79 Å². The molecule has 0 fully saturated rings. The van der Waals surface area contributed by atoms with Crippen molar-refractivity contribution in [3.8, 4) is 0 Å². The second-order valence-corrected chi connectivity index (χ2v) is 4.56. The van der Waals surface area contributed by atoms with E-state index in [1.807, 2.05) is 31.3 Å². The lowest BCUT2D eigenvalue weighted by Crippen LogP contribution is -2.25. The minimum Gasteiger partial charge on any atom is -0.387 e. The first-order chi connectivity index (χ1) is 8.81. The number of hydrogen-bond donors (Lipinski definition) is 2. The maximum absolute atomic E-state index is 12.0. The van der Waals surface area contributed by atoms with E-state index in [9.17, 15) is 4.79 Å². The molecular weight excluding hydrogens is 224 g/mol. The van der Waals surface area contributed by atoms with Crippen molar-refractivity contribution in [2.45, 2.75) is 25.7 Å². The molecule has 0 aliphatic heterocycles. The van der Waals surface area contributed by atoms with Crippen molar-refractivity contribution in [1.29, 1.82) is 0 Å². The van der Waals surface area contributed by atoms with Crippen LogP contribution in [0.1, 0.15) is 36.0 Å². The number of carbonyl (C=O) groups excluding carboxylic acids is 1. The second kappa shape index (κ2) is 6.24. The molecule has 0 saturated carbocycles. The predicted molar refractivity (Wildman–Crippen MR) is 74.9 cm³/mol. The Bertz CT molecular complexity index is 452. The van der Waals surface area contributed by atoms with Gasteiger partial charge in [-0.15, -0.1) is 0 Å². The number of anilines is 1. The van der Waals surface area contributed by atoms with Crippen molar-refractivity contribution in [1.82, 2.24) is 5.32 Å². The van der Waals surface area contributed by atoms with E-state index in [0.29, 0.717) is 5.56 Å². The second-order valence-electron chi connectivity index (χ2n) is 4.56. The quantitative estimate of drug-likeness (QED) is 0.782. The molecule has 96 valence electrons. The smallest absolute Gasteiger partial charge is 0.253 e. The molecule has 0 radical (unpaired) electrons. The van der Waals surface area contributed by atoms with E-state index in [1.54, 1.807) is 0 Å². The Morgan fingerprint density at radius 3 is 2.89 bits per heavy atom. The van der Waals surface area contributed by atoms with Gasteiger partial charge >= 0.3 is 0 Å². The van der Waals surface area contributed by atoms with Gasteiger partial charge < -0.3 is 10.6 Å². The topological polar surface area (TPSA) is 41.1 Å². The summed E-state index contributed by atoms with van der Waals surface area (Å²) >= 11 is 0. The van der Waals surface area contributed by atoms with Crippen molar-refractivity contribution in [3.63, 3.8) is 0 Å². The van der Waals surface area contributed by atoms with Crippen molar-refractivity contribution in [2.75, 3.05) is 18.9 Å². The van der Waals surface area contributed by atoms with E-state index in [0.717, 1.165) is 18.7 Å². The molecule has 1 amide bonds. The summed E-state index contributed by atoms with van der Waals surface area (Å²) in [6.07, 6.45) is 6.95. The number of carbonyl (C=O) groups is 1. The van der Waals surface area contributed by atoms with Crippen molar-refractivity contribution in [3.05, 3.63) is 41.5 Å². The summed E-state index contributed by atoms with van der Waals surface area (Å²) in [5.74, 6) is -0.00135. The molecule has 3 heteroatoms. The van der Waals surface area contributed by atoms with Gasteiger partial charge in [0.25, 0.3) is 5.91 Å². The van der Waals surface area contributed by atoms with E-state index in [4.69, 9.17) is 0 Å². The van der Waals surface area contributed by atoms with Crippen LogP contribution in [0.5, 0.6) is 0 Å². The van der Waals surface area contributed by atoms with Crippen LogP contribution in [0, 0.1) is 0 Å². The molecule has 1 aliphatic carbocycles. The minimum absolute atomic E-state index is 0.00135. The van der Waals surface area contributed by atoms with Gasteiger partial charge in [-0.05, 0) is 37.8 Å². The molecule has 0 spiro atoms. The highest BCUT2D eigenvalue weighted by molar-refractivity contribution is 5.99. The standard InChI is InChI=1S/C15H20N2O/c1-16-14-9-5-4-8-13(14)15(18)17-11-10-12-6-2-3-7-12/h4-6,8-9,16H,2-3,7,10-11H2,1H3,(H,17,18). The van der Waals surface area contributed by atoms with Crippen LogP contribution in [-0.2, 0) is 0 Å². The number of benzene rings is 1. The molecule has 0 bridgehead atoms. The summed E-state index contributed by atoms with van der Waals surface area (Å²) in [6.45, 7) is 0.725. The Balaban J connectivity index is 1.87. The first-order valence-electron chi connectivity index (χ1n) is 6.54. The summed E-state index contributed by atoms with van der Waals surface area (Å²) < 4.78 is 0. The first-order valence-corrected chi connectivity index (χ1v) is 6.54. The lowest BCUT2D eigenvalue weighted by atomic mass is 10.1. The predicted octanol–water partition coefficient (Wildman–Crippen LogP) is 2.96. The van der Waals surface area contributed by atoms with Crippen LogP contribution in [0.25, 0.3) is 0 Å². The number of nitrogens with one attached hydrogen (secondary N) is 2. The molecule has 1 aliphatic rings. The van der Waals surface area contributed by atoms with Crippen LogP contribution in [0.3, 0.4) is 0 Å². The summed E-state index contributed by atoms with van der Waals surface area (Å²) in [5.41, 5.74) is 3.06. The zero-order valence-corrected chi connectivity index (χ0v) is 10.8. The molecule has 1 aromatic rings. The number of allylic oxidation sites excluding steroid dienone is 1. The van der Waals surface area contributed by atoms with E-state index in [-0.39, 0.29) is 5.91 Å². The van der Waals surface area contributed by atoms with Gasteiger partial charge in [-0.25, -0.2) is 0 Å². The fourth-order valence-electron chi connectivity index (χ4n) is 2.30. The Morgan fingerprint density at radius 2 is 2.17 bits per heavy atom. The largest absolute Gasteiger partial charge is 0.387 e. The molecule has 0 heterocycles. The van der Waals surface area contributed by atoms with E-state index in [1.165, 1.54) is 24.8 Å². The van der Waals surface area contributed by atoms with E-state index >= 15 is 0 Å². The molecule has 18 heavy (non-hydrogen) atoms. The summed E-state index contributed by atoms with van der Waals surface area (Å²) in [7, 11) is 1.83. The third kappa shape index (κ3) is 3.13. The van der Waals surface area contributed by atoms with Gasteiger partial charge in [-0.1, -0.05) is 23.8 Å². The summed E-state index contributed by atoms with van der Waals surface area (Å²) in [4.78, 5) is 12.0. The van der Waals surface area contributed by atoms with Gasteiger partial charge in [0.2, 0.25) is 0 Å². The fraction of sp³-hybridized carbons (Fsp3) is 0.400. The Kier molecular flexibility index (Phi) is 4.40. The van der Waals surface area contributed by atoms with Crippen LogP contribution in [0.4, 0.5) is 5.69 Å². The van der Waals surface area contributed by atoms with Gasteiger partial charge in [0.05, 0.1) is 5.56 Å². The summed E-state index contributed by atoms with van der Waals surface area (Å²) in [5, 5.41) is 6.02. The fourth-order valence-corrected chi connectivity index (χ4v) is 2.30. The van der Waals surface area contributed by atoms with Crippen molar-refractivity contribution < 1.29 is 4.79 Å². The van der Waals surface area contributed by atoms with Crippen LogP contribution >= 0.6 is 0 Å². The zero-order valence-electron chi connectivity index (χ0n) is 10.8. The third-order valence-electron chi connectivity index (χ3n) is 3.31. The minimum atomic E-state index is -0.00135. The number of amides is 1. The average Bonchev–Trinajstić information content (AvgIpc) is 2.91. The van der Waals surface area contributed by atoms with Crippen LogP contribution in [-0.4, -0.2) is 19.5 Å². The summed E-state index contributed by atoms with van der Waals surface area (Å²) in [6, 6.07) is 7.56. The third-order valence-corrected chi connectivity index (χ3v) is 3.31. The molecule has 3 nitrogen and oxygen atoms in total. The maximum atomic E-state index is 12.0. The molecular formula is C15H20N2O. The zero-order chi connectivity index (χ0) is 12.8. The average molecular weight is 244 g/mol. The highest BCUT2D eigenvalue weighted by Gasteiger charge is 2.10. The lowest BCUT2D eigenvalue weighted by molar-refractivity contribution is 0.0955. The normalized spacial score (nSPS) is 14.2. The van der Waals surface area contributed by atoms with E-state index < -0.39 is 0 Å².